The summed E-state index contributed by atoms with van der Waals surface area (Å²) in [5.41, 5.74) is -2.16. The largest absolute Gasteiger partial charge is 0.416 e. The predicted molar refractivity (Wildman–Crippen MR) is 80.2 cm³/mol. The normalized spacial score (nSPS) is 12.0. The summed E-state index contributed by atoms with van der Waals surface area (Å²) in [6.45, 7) is 0. The third-order valence-corrected chi connectivity index (χ3v) is 3.39. The molecule has 0 aliphatic heterocycles. The van der Waals surface area contributed by atoms with E-state index in [-0.39, 0.29) is 11.4 Å². The maximum atomic E-state index is 12.6. The monoisotopic (exact) mass is 382 g/mol. The van der Waals surface area contributed by atoms with Gasteiger partial charge >= 0.3 is 18.4 Å². The molecular weight excluding hydrogens is 374 g/mol. The van der Waals surface area contributed by atoms with Crippen LogP contribution in [-0.2, 0) is 12.4 Å². The number of benzene rings is 2. The van der Waals surface area contributed by atoms with Crippen molar-refractivity contribution in [2.24, 2.45) is 0 Å². The van der Waals surface area contributed by atoms with E-state index in [2.05, 4.69) is 5.32 Å². The smallest absolute Gasteiger partial charge is 0.306 e. The molecule has 2 aromatic carbocycles. The van der Waals surface area contributed by atoms with E-state index < -0.39 is 29.5 Å². The minimum absolute atomic E-state index is 0.0841. The minimum atomic E-state index is -4.59. The maximum Gasteiger partial charge on any atom is 0.416 e. The highest BCUT2D eigenvalue weighted by Crippen LogP contribution is 2.32. The molecule has 25 heavy (non-hydrogen) atoms. The van der Waals surface area contributed by atoms with Gasteiger partial charge in [0.15, 0.2) is 0 Å². The molecule has 10 heteroatoms. The van der Waals surface area contributed by atoms with Gasteiger partial charge in [0.1, 0.15) is 0 Å². The molecule has 0 aliphatic rings. The quantitative estimate of drug-likeness (QED) is 0.507. The second-order valence-electron chi connectivity index (χ2n) is 4.83. The fraction of sp³-hybridized carbons (Fsp3) is 0.133. The highest BCUT2D eigenvalue weighted by molar-refractivity contribution is 6.38. The Balaban J connectivity index is 2.13. The molecule has 2 rings (SSSR count). The predicted octanol–water partition coefficient (Wildman–Crippen LogP) is 5.92. The number of hydrogen-bond donors (Lipinski definition) is 1. The number of rotatable bonds is 2. The van der Waals surface area contributed by atoms with Gasteiger partial charge in [-0.2, -0.15) is 26.3 Å². The molecule has 0 saturated carbocycles. The van der Waals surface area contributed by atoms with Crippen molar-refractivity contribution in [3.05, 3.63) is 59.7 Å². The zero-order valence-electron chi connectivity index (χ0n) is 12.1. The number of carbonyl (C=O) groups is 1. The average Bonchev–Trinajstić information content (AvgIpc) is 2.53. The highest BCUT2D eigenvalue weighted by Gasteiger charge is 2.31. The molecule has 2 amide bonds. The van der Waals surface area contributed by atoms with Crippen molar-refractivity contribution in [3.8, 4) is 0 Å². The molecular formula is C15H9ClF6N2O. The summed E-state index contributed by atoms with van der Waals surface area (Å²) in [4.78, 5) is 11.9. The molecule has 0 fully saturated rings. The number of hydrogen-bond acceptors (Lipinski definition) is 1. The summed E-state index contributed by atoms with van der Waals surface area (Å²) >= 11 is 5.72. The number of halogens is 7. The fourth-order valence-corrected chi connectivity index (χ4v) is 2.00. The second kappa shape index (κ2) is 6.83. The van der Waals surface area contributed by atoms with Crippen molar-refractivity contribution in [1.29, 1.82) is 0 Å². The van der Waals surface area contributed by atoms with E-state index >= 15 is 0 Å². The summed E-state index contributed by atoms with van der Waals surface area (Å²) in [5.74, 6) is 0. The standard InChI is InChI=1S/C15H9ClF6N2O/c16-24(12-6-4-9(5-7-12)14(17,18)19)13(25)23-11-3-1-2-10(8-11)15(20,21)22/h1-8H,(H,23,25). The van der Waals surface area contributed by atoms with Crippen LogP contribution in [0.4, 0.5) is 42.5 Å². The molecule has 0 aromatic heterocycles. The van der Waals surface area contributed by atoms with Crippen LogP contribution in [0.2, 0.25) is 0 Å². The van der Waals surface area contributed by atoms with Gasteiger partial charge in [0.05, 0.1) is 16.8 Å². The summed E-state index contributed by atoms with van der Waals surface area (Å²) in [7, 11) is 0. The molecule has 2 aromatic rings. The zero-order valence-corrected chi connectivity index (χ0v) is 12.9. The minimum Gasteiger partial charge on any atom is -0.306 e. The van der Waals surface area contributed by atoms with Gasteiger partial charge in [-0.15, -0.1) is 0 Å². The first-order valence-corrected chi connectivity index (χ1v) is 6.94. The molecule has 3 nitrogen and oxygen atoms in total. The van der Waals surface area contributed by atoms with Gasteiger partial charge in [0.2, 0.25) is 0 Å². The summed E-state index contributed by atoms with van der Waals surface area (Å²) in [6.07, 6.45) is -9.13. The molecule has 0 radical (unpaired) electrons. The lowest BCUT2D eigenvalue weighted by Gasteiger charge is -2.16. The third-order valence-electron chi connectivity index (χ3n) is 3.04. The van der Waals surface area contributed by atoms with E-state index in [1.165, 1.54) is 6.07 Å². The van der Waals surface area contributed by atoms with Gasteiger partial charge in [-0.3, -0.25) is 0 Å². The van der Waals surface area contributed by atoms with E-state index in [9.17, 15) is 31.1 Å². The Morgan fingerprint density at radius 2 is 1.44 bits per heavy atom. The number of anilines is 2. The van der Waals surface area contributed by atoms with Crippen molar-refractivity contribution < 1.29 is 31.1 Å². The van der Waals surface area contributed by atoms with E-state index in [1.807, 2.05) is 0 Å². The molecule has 0 unspecified atom stereocenters. The Bertz CT molecular complexity index is 758. The molecule has 0 saturated heterocycles. The lowest BCUT2D eigenvalue weighted by Crippen LogP contribution is -2.26. The van der Waals surface area contributed by atoms with Crippen LogP contribution >= 0.6 is 11.8 Å². The number of carbonyl (C=O) groups excluding carboxylic acids is 1. The maximum absolute atomic E-state index is 12.6. The first-order chi connectivity index (χ1) is 11.5. The summed E-state index contributed by atoms with van der Waals surface area (Å²) < 4.78 is 75.8. The topological polar surface area (TPSA) is 32.3 Å². The number of nitrogens with zero attached hydrogens (tertiary/aromatic N) is 1. The number of alkyl halides is 6. The van der Waals surface area contributed by atoms with E-state index in [0.717, 1.165) is 36.4 Å². The third kappa shape index (κ3) is 4.79. The fourth-order valence-electron chi connectivity index (χ4n) is 1.84. The molecule has 0 bridgehead atoms. The van der Waals surface area contributed by atoms with Crippen LogP contribution in [0.1, 0.15) is 11.1 Å². The number of urea groups is 1. The van der Waals surface area contributed by atoms with Gasteiger partial charge in [-0.05, 0) is 42.5 Å². The van der Waals surface area contributed by atoms with E-state index in [4.69, 9.17) is 11.8 Å². The van der Waals surface area contributed by atoms with Gasteiger partial charge in [-0.25, -0.2) is 9.21 Å². The van der Waals surface area contributed by atoms with Crippen LogP contribution in [0.5, 0.6) is 0 Å². The molecule has 0 heterocycles. The number of nitrogens with one attached hydrogen (secondary N) is 1. The molecule has 1 N–H and O–H groups in total. The average molecular weight is 383 g/mol. The van der Waals surface area contributed by atoms with Gasteiger partial charge in [0, 0.05) is 17.5 Å². The highest BCUT2D eigenvalue weighted by atomic mass is 35.5. The number of amides is 2. The van der Waals surface area contributed by atoms with Gasteiger partial charge in [-0.1, -0.05) is 6.07 Å². The molecule has 134 valence electrons. The van der Waals surface area contributed by atoms with Gasteiger partial charge < -0.3 is 5.32 Å². The van der Waals surface area contributed by atoms with Crippen LogP contribution in [0, 0.1) is 0 Å². The lowest BCUT2D eigenvalue weighted by atomic mass is 10.2. The first-order valence-electron chi connectivity index (χ1n) is 6.60. The SMILES string of the molecule is O=C(Nc1cccc(C(F)(F)F)c1)N(Cl)c1ccc(C(F)(F)F)cc1. The molecule has 0 spiro atoms. The van der Waals surface area contributed by atoms with Crippen molar-refractivity contribution >= 4 is 29.2 Å². The van der Waals surface area contributed by atoms with Crippen molar-refractivity contribution in [3.63, 3.8) is 0 Å². The Hall–Kier alpha value is -2.42. The summed E-state index contributed by atoms with van der Waals surface area (Å²) in [6, 6.07) is 6.17. The Labute approximate surface area is 142 Å². The second-order valence-corrected chi connectivity index (χ2v) is 5.17. The molecule has 0 aliphatic carbocycles. The van der Waals surface area contributed by atoms with Crippen molar-refractivity contribution in [2.75, 3.05) is 9.74 Å². The Kier molecular flexibility index (Phi) is 5.17. The van der Waals surface area contributed by atoms with Crippen LogP contribution in [0.25, 0.3) is 0 Å². The Morgan fingerprint density at radius 3 is 1.96 bits per heavy atom. The van der Waals surface area contributed by atoms with Crippen LogP contribution in [-0.4, -0.2) is 6.03 Å². The zero-order chi connectivity index (χ0) is 18.8. The molecule has 0 atom stereocenters. The lowest BCUT2D eigenvalue weighted by molar-refractivity contribution is -0.138. The Morgan fingerprint density at radius 1 is 0.880 bits per heavy atom. The first kappa shape index (κ1) is 18.9. The van der Waals surface area contributed by atoms with E-state index in [1.54, 1.807) is 0 Å². The van der Waals surface area contributed by atoms with Crippen LogP contribution in [0.3, 0.4) is 0 Å². The summed E-state index contributed by atoms with van der Waals surface area (Å²) in [5, 5.41) is 2.13. The van der Waals surface area contributed by atoms with Crippen molar-refractivity contribution in [2.45, 2.75) is 12.4 Å². The van der Waals surface area contributed by atoms with Crippen LogP contribution in [0.15, 0.2) is 48.5 Å². The van der Waals surface area contributed by atoms with E-state index in [0.29, 0.717) is 10.5 Å². The van der Waals surface area contributed by atoms with Crippen LogP contribution < -0.4 is 9.74 Å². The van der Waals surface area contributed by atoms with Crippen molar-refractivity contribution in [1.82, 2.24) is 0 Å². The van der Waals surface area contributed by atoms with Gasteiger partial charge in [0.25, 0.3) is 0 Å².